The zero-order valence-corrected chi connectivity index (χ0v) is 19.0. The Hall–Kier alpha value is -3.26. The van der Waals surface area contributed by atoms with Crippen molar-refractivity contribution >= 4 is 15.8 Å². The number of hydrogen-bond acceptors (Lipinski definition) is 7. The van der Waals surface area contributed by atoms with Gasteiger partial charge in [-0.25, -0.2) is 13.2 Å². The second-order valence-corrected chi connectivity index (χ2v) is 9.23. The summed E-state index contributed by atoms with van der Waals surface area (Å²) in [4.78, 5) is 14.6. The summed E-state index contributed by atoms with van der Waals surface area (Å²) < 4.78 is 40.9. The van der Waals surface area contributed by atoms with Crippen molar-refractivity contribution in [2.24, 2.45) is 0 Å². The minimum absolute atomic E-state index is 0.00497. The molecule has 3 rings (SSSR count). The molecule has 0 N–H and O–H groups in total. The van der Waals surface area contributed by atoms with E-state index in [-0.39, 0.29) is 11.5 Å². The van der Waals surface area contributed by atoms with Gasteiger partial charge in [-0.3, -0.25) is 0 Å². The largest absolute Gasteiger partial charge is 0.497 e. The first-order chi connectivity index (χ1) is 15.4. The van der Waals surface area contributed by atoms with Crippen molar-refractivity contribution in [3.63, 3.8) is 0 Å². The highest BCUT2D eigenvalue weighted by molar-refractivity contribution is 7.94. The van der Waals surface area contributed by atoms with Crippen LogP contribution >= 0.6 is 0 Å². The Balaban J connectivity index is 1.73. The van der Waals surface area contributed by atoms with Crippen molar-refractivity contribution < 1.29 is 27.4 Å². The highest BCUT2D eigenvalue weighted by Gasteiger charge is 2.50. The molecule has 0 spiro atoms. The minimum atomic E-state index is -4.11. The summed E-state index contributed by atoms with van der Waals surface area (Å²) in [5.74, 6) is 0.479. The van der Waals surface area contributed by atoms with Crippen LogP contribution in [0.15, 0.2) is 84.0 Å². The molecule has 1 heterocycles. The van der Waals surface area contributed by atoms with E-state index in [1.54, 1.807) is 31.5 Å². The molecule has 1 aliphatic heterocycles. The van der Waals surface area contributed by atoms with E-state index in [4.69, 9.17) is 14.2 Å². The molecule has 8 heteroatoms. The molecule has 2 aromatic rings. The van der Waals surface area contributed by atoms with Gasteiger partial charge in [0.1, 0.15) is 11.5 Å². The number of nitrogens with zero attached hydrogens (tertiary/aromatic N) is 1. The van der Waals surface area contributed by atoms with Crippen molar-refractivity contribution in [3.05, 3.63) is 79.1 Å². The molecule has 32 heavy (non-hydrogen) atoms. The van der Waals surface area contributed by atoms with Gasteiger partial charge >= 0.3 is 5.97 Å². The first-order valence-corrected chi connectivity index (χ1v) is 11.8. The van der Waals surface area contributed by atoms with E-state index >= 15 is 0 Å². The van der Waals surface area contributed by atoms with Gasteiger partial charge < -0.3 is 19.1 Å². The van der Waals surface area contributed by atoms with Crippen molar-refractivity contribution in [1.82, 2.24) is 4.90 Å². The molecule has 2 aromatic carbocycles. The van der Waals surface area contributed by atoms with Crippen LogP contribution < -0.4 is 9.47 Å². The van der Waals surface area contributed by atoms with Crippen LogP contribution in [0, 0.1) is 0 Å². The molecule has 0 amide bonds. The maximum absolute atomic E-state index is 13.5. The molecule has 0 saturated heterocycles. The topological polar surface area (TPSA) is 82.1 Å². The van der Waals surface area contributed by atoms with Crippen LogP contribution in [0.3, 0.4) is 0 Å². The number of carbonyl (C=O) groups is 1. The summed E-state index contributed by atoms with van der Waals surface area (Å²) >= 11 is 0. The molecule has 1 aliphatic rings. The summed E-state index contributed by atoms with van der Waals surface area (Å²) in [7, 11) is -2.61. The van der Waals surface area contributed by atoms with E-state index in [1.807, 2.05) is 35.2 Å². The van der Waals surface area contributed by atoms with E-state index in [0.717, 1.165) is 5.75 Å². The Morgan fingerprint density at radius 3 is 2.22 bits per heavy atom. The van der Waals surface area contributed by atoms with Crippen LogP contribution in [0.4, 0.5) is 0 Å². The van der Waals surface area contributed by atoms with Gasteiger partial charge in [0.2, 0.25) is 14.6 Å². The van der Waals surface area contributed by atoms with Gasteiger partial charge in [-0.1, -0.05) is 18.2 Å². The number of rotatable bonds is 10. The van der Waals surface area contributed by atoms with Crippen LogP contribution in [-0.4, -0.2) is 50.9 Å². The number of sulfone groups is 1. The van der Waals surface area contributed by atoms with Gasteiger partial charge in [-0.15, -0.1) is 0 Å². The summed E-state index contributed by atoms with van der Waals surface area (Å²) in [6.45, 7) is 2.82. The number of carbonyl (C=O) groups excluding carboxylic acids is 1. The number of hydrogen-bond donors (Lipinski definition) is 0. The predicted molar refractivity (Wildman–Crippen MR) is 121 cm³/mol. The van der Waals surface area contributed by atoms with Gasteiger partial charge in [0.25, 0.3) is 0 Å². The van der Waals surface area contributed by atoms with Crippen molar-refractivity contribution in [2.45, 2.75) is 23.0 Å². The zero-order valence-electron chi connectivity index (χ0n) is 18.1. The van der Waals surface area contributed by atoms with Crippen LogP contribution in [0.5, 0.6) is 11.5 Å². The van der Waals surface area contributed by atoms with E-state index < -0.39 is 20.6 Å². The molecule has 0 bridgehead atoms. The third-order valence-corrected chi connectivity index (χ3v) is 7.23. The molecule has 0 fully saturated rings. The predicted octanol–water partition coefficient (Wildman–Crippen LogP) is 3.58. The lowest BCUT2D eigenvalue weighted by molar-refractivity contribution is -0.143. The third-order valence-electron chi connectivity index (χ3n) is 5.01. The lowest BCUT2D eigenvalue weighted by Gasteiger charge is -2.30. The number of esters is 1. The summed E-state index contributed by atoms with van der Waals surface area (Å²) in [5, 5.41) is 0. The number of benzene rings is 2. The first kappa shape index (κ1) is 23.4. The van der Waals surface area contributed by atoms with Gasteiger partial charge in [0.15, 0.2) is 0 Å². The Morgan fingerprint density at radius 1 is 0.969 bits per heavy atom. The molecule has 0 saturated carbocycles. The quantitative estimate of drug-likeness (QED) is 0.398. The van der Waals surface area contributed by atoms with Crippen LogP contribution in [-0.2, 0) is 19.4 Å². The maximum atomic E-state index is 13.5. The summed E-state index contributed by atoms with van der Waals surface area (Å²) in [6.07, 6.45) is 6.66. The molecule has 7 nitrogen and oxygen atoms in total. The van der Waals surface area contributed by atoms with Gasteiger partial charge in [-0.05, 0) is 61.9 Å². The van der Waals surface area contributed by atoms with Crippen molar-refractivity contribution in [1.29, 1.82) is 0 Å². The number of para-hydroxylation sites is 1. The van der Waals surface area contributed by atoms with Crippen molar-refractivity contribution in [3.8, 4) is 11.5 Å². The third kappa shape index (κ3) is 4.96. The summed E-state index contributed by atoms with van der Waals surface area (Å²) in [6, 6.07) is 15.4. The maximum Gasteiger partial charge on any atom is 0.336 e. The second kappa shape index (κ2) is 10.4. The van der Waals surface area contributed by atoms with Gasteiger partial charge in [0.05, 0.1) is 25.2 Å². The molecule has 0 atom stereocenters. The van der Waals surface area contributed by atoms with Gasteiger partial charge in [0, 0.05) is 18.9 Å². The van der Waals surface area contributed by atoms with Crippen LogP contribution in [0.1, 0.15) is 13.3 Å². The zero-order chi connectivity index (χ0) is 23.0. The molecule has 0 aromatic heterocycles. The lowest BCUT2D eigenvalue weighted by atomic mass is 10.1. The molecule has 0 unspecified atom stereocenters. The van der Waals surface area contributed by atoms with E-state index in [1.165, 1.54) is 31.4 Å². The molecular formula is C24H27NO6S. The molecule has 170 valence electrons. The fourth-order valence-corrected chi connectivity index (χ4v) is 4.88. The SMILES string of the molecule is CCOC(=O)C1(S(=O)(=O)c2ccc(OC)cc2)C=CN(CCCOc2ccccc2)C=C1. The van der Waals surface area contributed by atoms with Crippen LogP contribution in [0.25, 0.3) is 0 Å². The molecule has 0 radical (unpaired) electrons. The van der Waals surface area contributed by atoms with E-state index in [9.17, 15) is 13.2 Å². The molecule has 0 aliphatic carbocycles. The molecular weight excluding hydrogens is 430 g/mol. The standard InChI is InChI=1S/C24H27NO6S/c1-3-30-23(26)24(32(27,28)22-12-10-20(29-2)11-13-22)14-17-25(18-15-24)16-7-19-31-21-8-5-4-6-9-21/h4-6,8-15,17-18H,3,7,16,19H2,1-2H3. The number of ether oxygens (including phenoxy) is 3. The fraction of sp³-hybridized carbons (Fsp3) is 0.292. The monoisotopic (exact) mass is 457 g/mol. The highest BCUT2D eigenvalue weighted by atomic mass is 32.2. The first-order valence-electron chi connectivity index (χ1n) is 10.3. The smallest absolute Gasteiger partial charge is 0.336 e. The average Bonchev–Trinajstić information content (AvgIpc) is 2.83. The second-order valence-electron chi connectivity index (χ2n) is 7.08. The van der Waals surface area contributed by atoms with E-state index in [0.29, 0.717) is 25.3 Å². The fourth-order valence-electron chi connectivity index (χ4n) is 3.24. The minimum Gasteiger partial charge on any atom is -0.497 e. The average molecular weight is 458 g/mol. The lowest BCUT2D eigenvalue weighted by Crippen LogP contribution is -2.46. The Morgan fingerprint density at radius 2 is 1.62 bits per heavy atom. The Bertz CT molecular complexity index is 1050. The Kier molecular flexibility index (Phi) is 7.58. The highest BCUT2D eigenvalue weighted by Crippen LogP contribution is 2.33. The Labute approximate surface area is 188 Å². The van der Waals surface area contributed by atoms with Crippen LogP contribution in [0.2, 0.25) is 0 Å². The normalized spacial score (nSPS) is 14.8. The summed E-state index contributed by atoms with van der Waals surface area (Å²) in [5.41, 5.74) is 0. The van der Waals surface area contributed by atoms with E-state index in [2.05, 4.69) is 0 Å². The van der Waals surface area contributed by atoms with Crippen molar-refractivity contribution in [2.75, 3.05) is 26.9 Å². The van der Waals surface area contributed by atoms with Gasteiger partial charge in [-0.2, -0.15) is 0 Å². The number of methoxy groups -OCH3 is 1.